The predicted molar refractivity (Wildman–Crippen MR) is 85.4 cm³/mol. The molecule has 0 spiro atoms. The van der Waals surface area contributed by atoms with Gasteiger partial charge in [0, 0.05) is 30.5 Å². The Balaban J connectivity index is 1.80. The minimum absolute atomic E-state index is 0.314. The second-order valence-corrected chi connectivity index (χ2v) is 7.68. The van der Waals surface area contributed by atoms with Gasteiger partial charge in [-0.1, -0.05) is 12.1 Å². The van der Waals surface area contributed by atoms with Crippen molar-refractivity contribution in [3.63, 3.8) is 0 Å². The number of nitrogens with zero attached hydrogens (tertiary/aromatic N) is 2. The lowest BCUT2D eigenvalue weighted by molar-refractivity contribution is 0.454. The van der Waals surface area contributed by atoms with E-state index < -0.39 is 9.84 Å². The zero-order valence-electron chi connectivity index (χ0n) is 12.5. The molecule has 1 aromatic heterocycles. The van der Waals surface area contributed by atoms with Gasteiger partial charge in [-0.2, -0.15) is 0 Å². The van der Waals surface area contributed by atoms with E-state index in [1.54, 1.807) is 30.5 Å². The first-order valence-corrected chi connectivity index (χ1v) is 9.26. The van der Waals surface area contributed by atoms with E-state index in [0.29, 0.717) is 10.8 Å². The molecule has 1 unspecified atom stereocenters. The third-order valence-corrected chi connectivity index (χ3v) is 5.09. The average Bonchev–Trinajstić information content (AvgIpc) is 2.55. The molecule has 3 rings (SSSR count). The zero-order chi connectivity index (χ0) is 15.6. The standard InChI is InChI=1S/C16H19N3O2S/c1-22(20,21)14-6-4-12(5-7-14)15-10-19-16(11-18-15)13-3-2-8-17-9-13/h4-7,10-11,13,17H,2-3,8-9H2,1H3. The van der Waals surface area contributed by atoms with Crippen molar-refractivity contribution in [1.29, 1.82) is 0 Å². The largest absolute Gasteiger partial charge is 0.316 e. The Morgan fingerprint density at radius 3 is 2.45 bits per heavy atom. The van der Waals surface area contributed by atoms with Crippen molar-refractivity contribution >= 4 is 9.84 Å². The van der Waals surface area contributed by atoms with Crippen LogP contribution in [0.1, 0.15) is 24.5 Å². The maximum absolute atomic E-state index is 11.5. The van der Waals surface area contributed by atoms with E-state index in [-0.39, 0.29) is 0 Å². The van der Waals surface area contributed by atoms with Gasteiger partial charge in [-0.25, -0.2) is 8.42 Å². The Labute approximate surface area is 130 Å². The molecular weight excluding hydrogens is 298 g/mol. The van der Waals surface area contributed by atoms with Gasteiger partial charge in [0.05, 0.1) is 22.5 Å². The van der Waals surface area contributed by atoms with E-state index >= 15 is 0 Å². The van der Waals surface area contributed by atoms with Gasteiger partial charge in [-0.15, -0.1) is 0 Å². The lowest BCUT2D eigenvalue weighted by Crippen LogP contribution is -2.28. The maximum Gasteiger partial charge on any atom is 0.175 e. The van der Waals surface area contributed by atoms with Crippen molar-refractivity contribution in [2.75, 3.05) is 19.3 Å². The fourth-order valence-corrected chi connectivity index (χ4v) is 3.31. The highest BCUT2D eigenvalue weighted by Gasteiger charge is 2.16. The number of piperidine rings is 1. The van der Waals surface area contributed by atoms with Gasteiger partial charge < -0.3 is 5.32 Å². The SMILES string of the molecule is CS(=O)(=O)c1ccc(-c2cnc(C3CCCNC3)cn2)cc1. The Morgan fingerprint density at radius 1 is 1.14 bits per heavy atom. The first-order valence-electron chi connectivity index (χ1n) is 7.37. The molecule has 116 valence electrons. The van der Waals surface area contributed by atoms with Crippen LogP contribution in [-0.2, 0) is 9.84 Å². The Hall–Kier alpha value is -1.79. The van der Waals surface area contributed by atoms with Crippen LogP contribution in [-0.4, -0.2) is 37.7 Å². The first-order chi connectivity index (χ1) is 10.5. The van der Waals surface area contributed by atoms with Gasteiger partial charge in [-0.3, -0.25) is 9.97 Å². The smallest absolute Gasteiger partial charge is 0.175 e. The molecule has 2 aromatic rings. The summed E-state index contributed by atoms with van der Waals surface area (Å²) < 4.78 is 22.9. The van der Waals surface area contributed by atoms with Crippen LogP contribution in [0.25, 0.3) is 11.3 Å². The molecule has 1 aliphatic rings. The van der Waals surface area contributed by atoms with Crippen LogP contribution < -0.4 is 5.32 Å². The number of rotatable bonds is 3. The summed E-state index contributed by atoms with van der Waals surface area (Å²) in [7, 11) is -3.17. The van der Waals surface area contributed by atoms with Crippen LogP contribution in [0, 0.1) is 0 Å². The van der Waals surface area contributed by atoms with E-state index in [9.17, 15) is 8.42 Å². The van der Waals surface area contributed by atoms with E-state index in [1.807, 2.05) is 6.20 Å². The molecule has 1 aromatic carbocycles. The van der Waals surface area contributed by atoms with Crippen molar-refractivity contribution in [2.24, 2.45) is 0 Å². The number of hydrogen-bond donors (Lipinski definition) is 1. The van der Waals surface area contributed by atoms with Crippen LogP contribution in [0.2, 0.25) is 0 Å². The molecule has 22 heavy (non-hydrogen) atoms. The Bertz CT molecular complexity index is 734. The number of aromatic nitrogens is 2. The summed E-state index contributed by atoms with van der Waals surface area (Å²) in [5.41, 5.74) is 2.64. The van der Waals surface area contributed by atoms with Gasteiger partial charge in [-0.05, 0) is 31.5 Å². The topological polar surface area (TPSA) is 72.0 Å². The Morgan fingerprint density at radius 2 is 1.91 bits per heavy atom. The van der Waals surface area contributed by atoms with Crippen LogP contribution in [0.15, 0.2) is 41.6 Å². The molecule has 1 saturated heterocycles. The highest BCUT2D eigenvalue weighted by atomic mass is 32.2. The quantitative estimate of drug-likeness (QED) is 0.937. The van der Waals surface area contributed by atoms with Gasteiger partial charge in [0.1, 0.15) is 0 Å². The Kier molecular flexibility index (Phi) is 4.22. The molecule has 0 amide bonds. The van der Waals surface area contributed by atoms with Crippen molar-refractivity contribution in [3.8, 4) is 11.3 Å². The molecule has 1 fully saturated rings. The van der Waals surface area contributed by atoms with E-state index in [2.05, 4.69) is 15.3 Å². The number of hydrogen-bond acceptors (Lipinski definition) is 5. The van der Waals surface area contributed by atoms with Crippen molar-refractivity contribution in [2.45, 2.75) is 23.7 Å². The summed E-state index contributed by atoms with van der Waals surface area (Å²) in [5, 5.41) is 3.38. The van der Waals surface area contributed by atoms with Gasteiger partial charge in [0.25, 0.3) is 0 Å². The highest BCUT2D eigenvalue weighted by Crippen LogP contribution is 2.23. The van der Waals surface area contributed by atoms with Crippen LogP contribution in [0.5, 0.6) is 0 Å². The van der Waals surface area contributed by atoms with Gasteiger partial charge >= 0.3 is 0 Å². The maximum atomic E-state index is 11.5. The van der Waals surface area contributed by atoms with E-state index in [0.717, 1.165) is 36.5 Å². The summed E-state index contributed by atoms with van der Waals surface area (Å²) in [4.78, 5) is 9.32. The molecule has 5 nitrogen and oxygen atoms in total. The molecule has 1 N–H and O–H groups in total. The number of benzene rings is 1. The lowest BCUT2D eigenvalue weighted by atomic mass is 9.96. The third-order valence-electron chi connectivity index (χ3n) is 3.97. The molecule has 1 aliphatic heterocycles. The highest BCUT2D eigenvalue weighted by molar-refractivity contribution is 7.90. The van der Waals surface area contributed by atoms with Crippen molar-refractivity contribution < 1.29 is 8.42 Å². The second-order valence-electron chi connectivity index (χ2n) is 5.67. The molecule has 0 radical (unpaired) electrons. The van der Waals surface area contributed by atoms with Crippen LogP contribution in [0.3, 0.4) is 0 Å². The zero-order valence-corrected chi connectivity index (χ0v) is 13.3. The fraction of sp³-hybridized carbons (Fsp3) is 0.375. The number of sulfone groups is 1. The summed E-state index contributed by atoms with van der Waals surface area (Å²) in [6, 6.07) is 6.74. The van der Waals surface area contributed by atoms with Crippen LogP contribution in [0.4, 0.5) is 0 Å². The minimum Gasteiger partial charge on any atom is -0.316 e. The summed E-state index contributed by atoms with van der Waals surface area (Å²) in [6.45, 7) is 2.03. The molecule has 0 aliphatic carbocycles. The summed E-state index contributed by atoms with van der Waals surface area (Å²) in [6.07, 6.45) is 7.11. The van der Waals surface area contributed by atoms with Crippen LogP contribution >= 0.6 is 0 Å². The fourth-order valence-electron chi connectivity index (χ4n) is 2.68. The van der Waals surface area contributed by atoms with Crippen molar-refractivity contribution in [3.05, 3.63) is 42.4 Å². The number of nitrogens with one attached hydrogen (secondary N) is 1. The molecule has 0 saturated carbocycles. The minimum atomic E-state index is -3.17. The molecule has 6 heteroatoms. The summed E-state index contributed by atoms with van der Waals surface area (Å²) >= 11 is 0. The normalized spacial score (nSPS) is 19.0. The second kappa shape index (κ2) is 6.14. The lowest BCUT2D eigenvalue weighted by Gasteiger charge is -2.21. The van der Waals surface area contributed by atoms with Crippen molar-refractivity contribution in [1.82, 2.24) is 15.3 Å². The van der Waals surface area contributed by atoms with Gasteiger partial charge in [0.2, 0.25) is 0 Å². The summed E-state index contributed by atoms with van der Waals surface area (Å²) in [5.74, 6) is 0.433. The third kappa shape index (κ3) is 3.34. The molecular formula is C16H19N3O2S. The molecule has 1 atom stereocenters. The predicted octanol–water partition coefficient (Wildman–Crippen LogP) is 2.01. The molecule has 2 heterocycles. The average molecular weight is 317 g/mol. The van der Waals surface area contributed by atoms with E-state index in [4.69, 9.17) is 0 Å². The first kappa shape index (κ1) is 15.1. The van der Waals surface area contributed by atoms with Gasteiger partial charge in [0.15, 0.2) is 9.84 Å². The van der Waals surface area contributed by atoms with E-state index in [1.165, 1.54) is 12.7 Å². The monoisotopic (exact) mass is 317 g/mol. The molecule has 0 bridgehead atoms.